The summed E-state index contributed by atoms with van der Waals surface area (Å²) in [5.74, 6) is -1.21. The number of anilines is 1. The van der Waals surface area contributed by atoms with Gasteiger partial charge < -0.3 is 5.32 Å². The number of nitrogens with one attached hydrogen (secondary N) is 1. The van der Waals surface area contributed by atoms with Gasteiger partial charge in [0.2, 0.25) is 5.91 Å². The summed E-state index contributed by atoms with van der Waals surface area (Å²) >= 11 is 0. The van der Waals surface area contributed by atoms with Crippen molar-refractivity contribution in [1.29, 1.82) is 0 Å². The highest BCUT2D eigenvalue weighted by atomic mass is 35.7. The second kappa shape index (κ2) is 7.36. The summed E-state index contributed by atoms with van der Waals surface area (Å²) in [4.78, 5) is 10.5. The van der Waals surface area contributed by atoms with E-state index in [0.29, 0.717) is 0 Å². The molecule has 21 heavy (non-hydrogen) atoms. The highest BCUT2D eigenvalue weighted by molar-refractivity contribution is 8.13. The van der Waals surface area contributed by atoms with Crippen molar-refractivity contribution >= 4 is 51.3 Å². The fourth-order valence-electron chi connectivity index (χ4n) is 1.20. The maximum absolute atomic E-state index is 13.3. The Hall–Kier alpha value is -0.940. The molecule has 0 fully saturated rings. The zero-order valence-corrected chi connectivity index (χ0v) is 13.7. The van der Waals surface area contributed by atoms with Crippen molar-refractivity contribution in [1.82, 2.24) is 0 Å². The molecule has 1 aromatic rings. The first-order valence-corrected chi connectivity index (χ1v) is 9.49. The predicted molar refractivity (Wildman–Crippen MR) is 75.9 cm³/mol. The van der Waals surface area contributed by atoms with E-state index in [1.54, 1.807) is 0 Å². The third-order valence-corrected chi connectivity index (χ3v) is 3.30. The van der Waals surface area contributed by atoms with Crippen LogP contribution in [0.3, 0.4) is 0 Å². The third kappa shape index (κ3) is 8.83. The summed E-state index contributed by atoms with van der Waals surface area (Å²) in [6.07, 6.45) is 0. The molecule has 1 aromatic carbocycles. The van der Waals surface area contributed by atoms with Crippen LogP contribution in [0.4, 0.5) is 10.1 Å². The van der Waals surface area contributed by atoms with Crippen LogP contribution >= 0.6 is 21.4 Å². The van der Waals surface area contributed by atoms with E-state index in [0.717, 1.165) is 12.1 Å². The Morgan fingerprint density at radius 1 is 1.24 bits per heavy atom. The largest absolute Gasteiger partial charge is 0.353 e. The van der Waals surface area contributed by atoms with E-state index >= 15 is 0 Å². The number of hydrogen-bond donors (Lipinski definition) is 2. The molecule has 120 valence electrons. The molecule has 0 atom stereocenters. The van der Waals surface area contributed by atoms with Gasteiger partial charge in [0.25, 0.3) is 9.05 Å². The molecule has 0 aliphatic carbocycles. The summed E-state index contributed by atoms with van der Waals surface area (Å²) in [5.41, 5.74) is -0.0288. The minimum absolute atomic E-state index is 0.182. The molecule has 0 aliphatic rings. The summed E-state index contributed by atoms with van der Waals surface area (Å²) in [6.45, 7) is 2.60. The average Bonchev–Trinajstić information content (AvgIpc) is 2.17. The Morgan fingerprint density at radius 2 is 1.67 bits per heavy atom. The molecule has 0 saturated heterocycles. The number of carbonyl (C=O) groups excluding carboxylic acids is 1. The van der Waals surface area contributed by atoms with Gasteiger partial charge in [0.1, 0.15) is 5.82 Å². The molecule has 0 aromatic heterocycles. The van der Waals surface area contributed by atoms with Crippen molar-refractivity contribution in [2.24, 2.45) is 0 Å². The van der Waals surface area contributed by atoms with E-state index in [1.165, 1.54) is 13.8 Å². The molecular weight excluding hydrogens is 372 g/mol. The monoisotopic (exact) mass is 381 g/mol. The fraction of sp³-hybridized carbons (Fsp3) is 0.222. The average molecular weight is 382 g/mol. The van der Waals surface area contributed by atoms with Gasteiger partial charge in [-0.15, -0.1) is 0 Å². The Balaban J connectivity index is 0.000000690. The molecule has 7 nitrogen and oxygen atoms in total. The molecule has 0 heterocycles. The Morgan fingerprint density at radius 3 is 2.00 bits per heavy atom. The van der Waals surface area contributed by atoms with Gasteiger partial charge in [0.15, 0.2) is 0 Å². The molecule has 0 spiro atoms. The van der Waals surface area contributed by atoms with Gasteiger partial charge in [0.05, 0.1) is 10.6 Å². The smallest absolute Gasteiger partial charge is 0.324 e. The van der Waals surface area contributed by atoms with Crippen molar-refractivity contribution in [3.63, 3.8) is 0 Å². The number of aryl methyl sites for hydroxylation is 1. The molecule has 0 unspecified atom stereocenters. The summed E-state index contributed by atoms with van der Waals surface area (Å²) < 4.78 is 60.8. The Labute approximate surface area is 129 Å². The van der Waals surface area contributed by atoms with Crippen LogP contribution in [0, 0.1) is 12.7 Å². The van der Waals surface area contributed by atoms with Gasteiger partial charge in [-0.25, -0.2) is 12.8 Å². The SMILES string of the molecule is CC(=O)Nc1cc(S(=O)(=O)Cl)c(C)cc1F.O=S(=O)(O)Cl. The van der Waals surface area contributed by atoms with Crippen LogP contribution < -0.4 is 5.32 Å². The van der Waals surface area contributed by atoms with Crippen LogP contribution in [-0.4, -0.2) is 27.3 Å². The highest BCUT2D eigenvalue weighted by Crippen LogP contribution is 2.26. The molecule has 1 amide bonds. The van der Waals surface area contributed by atoms with Crippen LogP contribution in [0.1, 0.15) is 12.5 Å². The van der Waals surface area contributed by atoms with Gasteiger partial charge in [0, 0.05) is 28.3 Å². The maximum Gasteiger partial charge on any atom is 0.353 e. The predicted octanol–water partition coefficient (Wildman–Crippen LogP) is 2.05. The Bertz CT molecular complexity index is 740. The Kier molecular flexibility index (Phi) is 7.03. The van der Waals surface area contributed by atoms with Crippen LogP contribution in [0.2, 0.25) is 0 Å². The van der Waals surface area contributed by atoms with Gasteiger partial charge >= 0.3 is 9.33 Å². The van der Waals surface area contributed by atoms with Crippen LogP contribution in [0.15, 0.2) is 17.0 Å². The van der Waals surface area contributed by atoms with Crippen molar-refractivity contribution in [3.05, 3.63) is 23.5 Å². The van der Waals surface area contributed by atoms with E-state index in [4.69, 9.17) is 23.7 Å². The number of halogens is 3. The van der Waals surface area contributed by atoms with Crippen LogP contribution in [0.25, 0.3) is 0 Å². The zero-order chi connectivity index (χ0) is 17.0. The lowest BCUT2D eigenvalue weighted by atomic mass is 10.2. The van der Waals surface area contributed by atoms with Crippen molar-refractivity contribution < 1.29 is 30.6 Å². The first-order valence-electron chi connectivity index (χ1n) is 4.91. The lowest BCUT2D eigenvalue weighted by Gasteiger charge is -2.08. The van der Waals surface area contributed by atoms with Crippen molar-refractivity contribution in [2.75, 3.05) is 5.32 Å². The second-order valence-corrected chi connectivity index (χ2v) is 8.16. The summed E-state index contributed by atoms with van der Waals surface area (Å²) in [5, 5.41) is 2.18. The van der Waals surface area contributed by atoms with Crippen LogP contribution in [0.5, 0.6) is 0 Å². The molecule has 0 saturated carbocycles. The highest BCUT2D eigenvalue weighted by Gasteiger charge is 2.17. The van der Waals surface area contributed by atoms with Gasteiger partial charge in [-0.1, -0.05) is 0 Å². The molecule has 0 aliphatic heterocycles. The lowest BCUT2D eigenvalue weighted by Crippen LogP contribution is -2.09. The summed E-state index contributed by atoms with van der Waals surface area (Å²) in [7, 11) is 1.07. The summed E-state index contributed by atoms with van der Waals surface area (Å²) in [6, 6.07) is 1.99. The first-order chi connectivity index (χ1) is 9.21. The van der Waals surface area contributed by atoms with Crippen LogP contribution in [-0.2, 0) is 23.2 Å². The number of carbonyl (C=O) groups is 1. The molecule has 0 radical (unpaired) electrons. The first kappa shape index (κ1) is 20.1. The van der Waals surface area contributed by atoms with E-state index in [9.17, 15) is 17.6 Å². The molecular formula is C9H10Cl2FNO6S2. The third-order valence-electron chi connectivity index (χ3n) is 1.84. The van der Waals surface area contributed by atoms with Gasteiger partial charge in [-0.3, -0.25) is 9.35 Å². The maximum atomic E-state index is 13.3. The van der Waals surface area contributed by atoms with Gasteiger partial charge in [-0.05, 0) is 24.6 Å². The van der Waals surface area contributed by atoms with Crippen molar-refractivity contribution in [2.45, 2.75) is 18.7 Å². The minimum Gasteiger partial charge on any atom is -0.324 e. The lowest BCUT2D eigenvalue weighted by molar-refractivity contribution is -0.114. The molecule has 12 heteroatoms. The molecule has 2 N–H and O–H groups in total. The molecule has 0 bridgehead atoms. The van der Waals surface area contributed by atoms with E-state index in [2.05, 4.69) is 16.0 Å². The zero-order valence-electron chi connectivity index (χ0n) is 10.6. The number of amides is 1. The number of hydrogen-bond acceptors (Lipinski definition) is 5. The second-order valence-electron chi connectivity index (χ2n) is 3.63. The quantitative estimate of drug-likeness (QED) is 0.597. The van der Waals surface area contributed by atoms with E-state index < -0.39 is 30.1 Å². The van der Waals surface area contributed by atoms with Gasteiger partial charge in [-0.2, -0.15) is 8.42 Å². The van der Waals surface area contributed by atoms with Crippen molar-refractivity contribution in [3.8, 4) is 0 Å². The number of benzene rings is 1. The van der Waals surface area contributed by atoms with E-state index in [1.807, 2.05) is 0 Å². The topological polar surface area (TPSA) is 118 Å². The standard InChI is InChI=1S/C9H9ClFNO3S.ClHO3S/c1-5-3-7(11)8(12-6(2)13)4-9(5)16(10,14)15;1-5(2,3)4/h3-4H,1-2H3,(H,12,13);(H,2,3,4). The number of rotatable bonds is 2. The fourth-order valence-corrected chi connectivity index (χ4v) is 2.40. The normalized spacial score (nSPS) is 11.3. The molecule has 1 rings (SSSR count). The minimum atomic E-state index is -4.19. The van der Waals surface area contributed by atoms with E-state index in [-0.39, 0.29) is 16.1 Å².